The Hall–Kier alpha value is -1.40. The standard InChI is InChI=1S/C33H54N2O4/c1-20(2)21-11-16-33(28(37)38)18-17-31(6)22(27(21)33)9-10-24-30(5)14-13-25(35-26(36)19-34-39-8)29(3,4)23(30)12-15-32(24,31)7/h21-25,27,34H,1,9-19H2,2-8H3,(H,35,36)(H,37,38)/t21-,22?,23?,24?,25?,27?,30?,31+,32?,33?/m0/s1. The largest absolute Gasteiger partial charge is 0.481 e. The molecular formula is C33H54N2O4. The summed E-state index contributed by atoms with van der Waals surface area (Å²) in [5.74, 6) is 1.63. The maximum Gasteiger partial charge on any atom is 0.309 e. The molecule has 0 aromatic rings. The summed E-state index contributed by atoms with van der Waals surface area (Å²) in [5, 5.41) is 13.9. The topological polar surface area (TPSA) is 87.7 Å². The van der Waals surface area contributed by atoms with Crippen LogP contribution < -0.4 is 10.8 Å². The molecule has 0 spiro atoms. The van der Waals surface area contributed by atoms with Crippen LogP contribution in [0.4, 0.5) is 0 Å². The van der Waals surface area contributed by atoms with Crippen LogP contribution in [0.2, 0.25) is 0 Å². The second kappa shape index (κ2) is 9.58. The third-order valence-corrected chi connectivity index (χ3v) is 14.2. The molecule has 0 aliphatic heterocycles. The van der Waals surface area contributed by atoms with Crippen molar-refractivity contribution in [3.05, 3.63) is 12.2 Å². The van der Waals surface area contributed by atoms with Gasteiger partial charge in [0.25, 0.3) is 0 Å². The molecule has 6 heteroatoms. The zero-order valence-electron chi connectivity index (χ0n) is 25.6. The molecule has 8 unspecified atom stereocenters. The zero-order valence-corrected chi connectivity index (χ0v) is 25.6. The van der Waals surface area contributed by atoms with E-state index in [-0.39, 0.29) is 46.1 Å². The summed E-state index contributed by atoms with van der Waals surface area (Å²) in [6.45, 7) is 19.2. The van der Waals surface area contributed by atoms with E-state index in [4.69, 9.17) is 4.84 Å². The highest BCUT2D eigenvalue weighted by Crippen LogP contribution is 2.77. The van der Waals surface area contributed by atoms with Crippen molar-refractivity contribution in [3.8, 4) is 0 Å². The van der Waals surface area contributed by atoms with Crippen molar-refractivity contribution in [2.75, 3.05) is 13.7 Å². The molecule has 0 bridgehead atoms. The summed E-state index contributed by atoms with van der Waals surface area (Å²) in [6.07, 6.45) is 10.5. The molecule has 5 aliphatic carbocycles. The number of hydrogen-bond donors (Lipinski definition) is 3. The minimum absolute atomic E-state index is 0.0000513. The van der Waals surface area contributed by atoms with Crippen molar-refractivity contribution < 1.29 is 19.5 Å². The molecular weight excluding hydrogens is 488 g/mol. The third kappa shape index (κ3) is 3.93. The highest BCUT2D eigenvalue weighted by Gasteiger charge is 2.72. The normalized spacial score (nSPS) is 48.2. The number of amides is 1. The van der Waals surface area contributed by atoms with E-state index in [1.165, 1.54) is 31.9 Å². The average molecular weight is 543 g/mol. The zero-order chi connectivity index (χ0) is 28.6. The molecule has 39 heavy (non-hydrogen) atoms. The van der Waals surface area contributed by atoms with Crippen molar-refractivity contribution in [1.82, 2.24) is 10.8 Å². The molecule has 6 nitrogen and oxygen atoms in total. The maximum atomic E-state index is 12.9. The number of fused-ring (bicyclic) bond motifs is 7. The Labute approximate surface area is 236 Å². The highest BCUT2D eigenvalue weighted by atomic mass is 16.6. The molecule has 0 aromatic heterocycles. The van der Waals surface area contributed by atoms with E-state index in [1.807, 2.05) is 0 Å². The molecule has 5 rings (SSSR count). The molecule has 0 aromatic carbocycles. The number of hydrogen-bond acceptors (Lipinski definition) is 4. The van der Waals surface area contributed by atoms with Crippen LogP contribution in [-0.4, -0.2) is 36.7 Å². The fourth-order valence-corrected chi connectivity index (χ4v) is 12.2. The third-order valence-electron chi connectivity index (χ3n) is 14.2. The number of nitrogens with one attached hydrogen (secondary N) is 2. The van der Waals surface area contributed by atoms with Crippen LogP contribution in [0.5, 0.6) is 0 Å². The van der Waals surface area contributed by atoms with E-state index in [1.54, 1.807) is 0 Å². The molecule has 10 atom stereocenters. The summed E-state index contributed by atoms with van der Waals surface area (Å²) in [4.78, 5) is 30.4. The molecule has 5 fully saturated rings. The second-order valence-electron chi connectivity index (χ2n) is 15.7. The van der Waals surface area contributed by atoms with Gasteiger partial charge in [0.05, 0.1) is 19.1 Å². The van der Waals surface area contributed by atoms with Crippen LogP contribution in [-0.2, 0) is 14.4 Å². The van der Waals surface area contributed by atoms with Crippen LogP contribution in [0.3, 0.4) is 0 Å². The van der Waals surface area contributed by atoms with Crippen LogP contribution in [0.15, 0.2) is 12.2 Å². The first-order chi connectivity index (χ1) is 18.2. The smallest absolute Gasteiger partial charge is 0.309 e. The van der Waals surface area contributed by atoms with Gasteiger partial charge in [-0.3, -0.25) is 9.59 Å². The van der Waals surface area contributed by atoms with Gasteiger partial charge in [0.15, 0.2) is 0 Å². The molecule has 0 radical (unpaired) electrons. The van der Waals surface area contributed by atoms with E-state index >= 15 is 0 Å². The lowest BCUT2D eigenvalue weighted by Gasteiger charge is -2.73. The predicted molar refractivity (Wildman–Crippen MR) is 154 cm³/mol. The Morgan fingerprint density at radius 2 is 1.62 bits per heavy atom. The second-order valence-corrected chi connectivity index (χ2v) is 15.7. The fourth-order valence-electron chi connectivity index (χ4n) is 12.2. The van der Waals surface area contributed by atoms with Gasteiger partial charge in [-0.25, -0.2) is 0 Å². The molecule has 0 saturated heterocycles. The molecule has 220 valence electrons. The van der Waals surface area contributed by atoms with Gasteiger partial charge < -0.3 is 15.3 Å². The van der Waals surface area contributed by atoms with E-state index in [9.17, 15) is 14.7 Å². The van der Waals surface area contributed by atoms with Gasteiger partial charge in [0, 0.05) is 6.04 Å². The van der Waals surface area contributed by atoms with Gasteiger partial charge in [-0.05, 0) is 122 Å². The lowest BCUT2D eigenvalue weighted by atomic mass is 9.32. The monoisotopic (exact) mass is 542 g/mol. The molecule has 3 N–H and O–H groups in total. The van der Waals surface area contributed by atoms with Crippen LogP contribution in [0.1, 0.15) is 106 Å². The van der Waals surface area contributed by atoms with Crippen LogP contribution in [0.25, 0.3) is 0 Å². The number of carboxylic acids is 1. The lowest BCUT2D eigenvalue weighted by Crippen LogP contribution is -2.68. The van der Waals surface area contributed by atoms with E-state index in [2.05, 4.69) is 58.9 Å². The Bertz CT molecular complexity index is 1030. The van der Waals surface area contributed by atoms with Gasteiger partial charge in [0.2, 0.25) is 5.91 Å². The molecule has 1 amide bonds. The van der Waals surface area contributed by atoms with Crippen molar-refractivity contribution >= 4 is 11.9 Å². The van der Waals surface area contributed by atoms with Crippen molar-refractivity contribution in [3.63, 3.8) is 0 Å². The first-order valence-corrected chi connectivity index (χ1v) is 15.6. The number of carbonyl (C=O) groups excluding carboxylic acids is 1. The van der Waals surface area contributed by atoms with Crippen LogP contribution >= 0.6 is 0 Å². The number of hydroxylamine groups is 1. The van der Waals surface area contributed by atoms with Crippen molar-refractivity contribution in [2.45, 2.75) is 112 Å². The number of carboxylic acid groups (broad SMARTS) is 1. The first-order valence-electron chi connectivity index (χ1n) is 15.6. The number of rotatable bonds is 6. The first kappa shape index (κ1) is 29.1. The maximum absolute atomic E-state index is 12.9. The van der Waals surface area contributed by atoms with E-state index < -0.39 is 11.4 Å². The Morgan fingerprint density at radius 3 is 2.26 bits per heavy atom. The van der Waals surface area contributed by atoms with Gasteiger partial charge in [0.1, 0.15) is 0 Å². The number of allylic oxidation sites excluding steroid dienone is 1. The summed E-state index contributed by atoms with van der Waals surface area (Å²) in [7, 11) is 1.54. The highest BCUT2D eigenvalue weighted by molar-refractivity contribution is 5.78. The summed E-state index contributed by atoms with van der Waals surface area (Å²) >= 11 is 0. The van der Waals surface area contributed by atoms with Crippen molar-refractivity contribution in [1.29, 1.82) is 0 Å². The fraction of sp³-hybridized carbons (Fsp3) is 0.879. The quantitative estimate of drug-likeness (QED) is 0.268. The van der Waals surface area contributed by atoms with E-state index in [0.29, 0.717) is 23.7 Å². The summed E-state index contributed by atoms with van der Waals surface area (Å²) in [5.41, 5.74) is 3.89. The SMILES string of the molecule is C=C(C)[C@@H]1CCC2(C(=O)O)CC[C@]3(C)C(CCC4C5(C)CCC(NC(=O)CNOC)C(C)(C)C5CCC43C)C12. The van der Waals surface area contributed by atoms with Crippen LogP contribution in [0, 0.1) is 56.7 Å². The molecule has 5 saturated carbocycles. The number of carbonyl (C=O) groups is 2. The summed E-state index contributed by atoms with van der Waals surface area (Å²) < 4.78 is 0. The predicted octanol–water partition coefficient (Wildman–Crippen LogP) is 6.36. The lowest BCUT2D eigenvalue weighted by molar-refractivity contribution is -0.240. The van der Waals surface area contributed by atoms with Gasteiger partial charge >= 0.3 is 5.97 Å². The Morgan fingerprint density at radius 1 is 0.897 bits per heavy atom. The van der Waals surface area contributed by atoms with E-state index in [0.717, 1.165) is 44.9 Å². The van der Waals surface area contributed by atoms with Gasteiger partial charge in [-0.2, -0.15) is 5.48 Å². The van der Waals surface area contributed by atoms with Gasteiger partial charge in [-0.1, -0.05) is 46.8 Å². The molecule has 0 heterocycles. The minimum atomic E-state index is -0.561. The summed E-state index contributed by atoms with van der Waals surface area (Å²) in [6, 6.07) is 0.165. The Kier molecular flexibility index (Phi) is 7.15. The number of aliphatic carboxylic acids is 1. The average Bonchev–Trinajstić information content (AvgIpc) is 3.26. The van der Waals surface area contributed by atoms with Crippen molar-refractivity contribution in [2.24, 2.45) is 56.7 Å². The molecule has 5 aliphatic rings. The Balaban J connectivity index is 1.45. The van der Waals surface area contributed by atoms with Gasteiger partial charge in [-0.15, -0.1) is 0 Å². The minimum Gasteiger partial charge on any atom is -0.481 e.